The van der Waals surface area contributed by atoms with Gasteiger partial charge in [0.2, 0.25) is 0 Å². The van der Waals surface area contributed by atoms with Gasteiger partial charge in [0.15, 0.2) is 0 Å². The summed E-state index contributed by atoms with van der Waals surface area (Å²) in [5, 5.41) is 12.1. The first kappa shape index (κ1) is 16.8. The van der Waals surface area contributed by atoms with Crippen molar-refractivity contribution in [2.45, 2.75) is 38.8 Å². The second-order valence-electron chi connectivity index (χ2n) is 7.13. The molecule has 2 unspecified atom stereocenters. The SMILES string of the molecule is CC1CCCC1Nc1cccc(-c2cn(Cc3ccccc3F)nn2)c1. The van der Waals surface area contributed by atoms with E-state index in [1.807, 2.05) is 24.4 Å². The lowest BCUT2D eigenvalue weighted by Gasteiger charge is -2.19. The number of hydrogen-bond donors (Lipinski definition) is 1. The van der Waals surface area contributed by atoms with Gasteiger partial charge in [-0.05, 0) is 37.0 Å². The molecule has 1 aromatic heterocycles. The van der Waals surface area contributed by atoms with Crippen molar-refractivity contribution in [3.8, 4) is 11.3 Å². The van der Waals surface area contributed by atoms with E-state index in [0.29, 0.717) is 24.1 Å². The predicted octanol–water partition coefficient (Wildman–Crippen LogP) is 4.73. The van der Waals surface area contributed by atoms with Gasteiger partial charge in [0, 0.05) is 22.9 Å². The summed E-state index contributed by atoms with van der Waals surface area (Å²) >= 11 is 0. The maximum absolute atomic E-state index is 13.8. The third kappa shape index (κ3) is 3.62. The van der Waals surface area contributed by atoms with Gasteiger partial charge in [-0.2, -0.15) is 0 Å². The van der Waals surface area contributed by atoms with Crippen molar-refractivity contribution in [3.63, 3.8) is 0 Å². The molecule has 1 aliphatic rings. The second-order valence-corrected chi connectivity index (χ2v) is 7.13. The van der Waals surface area contributed by atoms with Crippen LogP contribution in [0.3, 0.4) is 0 Å². The standard InChI is InChI=1S/C21H23FN4/c1-15-6-4-11-20(15)23-18-9-5-8-16(12-18)21-14-26(25-24-21)13-17-7-2-3-10-19(17)22/h2-3,5,7-10,12,14-15,20,23H,4,6,11,13H2,1H3. The van der Waals surface area contributed by atoms with Gasteiger partial charge in [-0.25, -0.2) is 9.07 Å². The zero-order chi connectivity index (χ0) is 17.9. The minimum absolute atomic E-state index is 0.221. The summed E-state index contributed by atoms with van der Waals surface area (Å²) in [7, 11) is 0. The van der Waals surface area contributed by atoms with Gasteiger partial charge in [-0.1, -0.05) is 48.9 Å². The van der Waals surface area contributed by atoms with Gasteiger partial charge in [-0.15, -0.1) is 5.10 Å². The minimum Gasteiger partial charge on any atom is -0.382 e. The molecule has 4 nitrogen and oxygen atoms in total. The first-order valence-corrected chi connectivity index (χ1v) is 9.19. The van der Waals surface area contributed by atoms with E-state index in [1.54, 1.807) is 16.8 Å². The first-order valence-electron chi connectivity index (χ1n) is 9.19. The molecule has 0 aliphatic heterocycles. The van der Waals surface area contributed by atoms with Gasteiger partial charge in [0.1, 0.15) is 11.5 Å². The van der Waals surface area contributed by atoms with Crippen molar-refractivity contribution in [2.75, 3.05) is 5.32 Å². The molecule has 1 heterocycles. The first-order chi connectivity index (χ1) is 12.7. The zero-order valence-electron chi connectivity index (χ0n) is 14.9. The summed E-state index contributed by atoms with van der Waals surface area (Å²) in [5.41, 5.74) is 3.53. The van der Waals surface area contributed by atoms with E-state index in [1.165, 1.54) is 25.3 Å². The van der Waals surface area contributed by atoms with E-state index in [4.69, 9.17) is 0 Å². The molecular formula is C21H23FN4. The number of hydrogen-bond acceptors (Lipinski definition) is 3. The monoisotopic (exact) mass is 350 g/mol. The Bertz CT molecular complexity index is 889. The lowest BCUT2D eigenvalue weighted by Crippen LogP contribution is -2.21. The molecule has 26 heavy (non-hydrogen) atoms. The van der Waals surface area contributed by atoms with Gasteiger partial charge in [-0.3, -0.25) is 0 Å². The van der Waals surface area contributed by atoms with Gasteiger partial charge >= 0.3 is 0 Å². The summed E-state index contributed by atoms with van der Waals surface area (Å²) in [4.78, 5) is 0. The normalized spacial score (nSPS) is 19.6. The average molecular weight is 350 g/mol. The molecule has 0 amide bonds. The highest BCUT2D eigenvalue weighted by Crippen LogP contribution is 2.29. The summed E-state index contributed by atoms with van der Waals surface area (Å²) in [6.07, 6.45) is 5.68. The van der Waals surface area contributed by atoms with E-state index in [9.17, 15) is 4.39 Å². The van der Waals surface area contributed by atoms with Crippen LogP contribution in [-0.4, -0.2) is 21.0 Å². The van der Waals surface area contributed by atoms with Crippen molar-refractivity contribution in [3.05, 3.63) is 66.1 Å². The van der Waals surface area contributed by atoms with Crippen molar-refractivity contribution in [2.24, 2.45) is 5.92 Å². The highest BCUT2D eigenvalue weighted by molar-refractivity contribution is 5.64. The van der Waals surface area contributed by atoms with Crippen LogP contribution in [0, 0.1) is 11.7 Å². The minimum atomic E-state index is -0.221. The van der Waals surface area contributed by atoms with Crippen LogP contribution in [0.25, 0.3) is 11.3 Å². The summed E-state index contributed by atoms with van der Waals surface area (Å²) in [5.74, 6) is 0.488. The zero-order valence-corrected chi connectivity index (χ0v) is 14.9. The Morgan fingerprint density at radius 2 is 2.04 bits per heavy atom. The second kappa shape index (κ2) is 7.28. The number of benzene rings is 2. The molecule has 134 valence electrons. The van der Waals surface area contributed by atoms with Crippen molar-refractivity contribution in [1.82, 2.24) is 15.0 Å². The van der Waals surface area contributed by atoms with Crippen LogP contribution in [0.1, 0.15) is 31.7 Å². The highest BCUT2D eigenvalue weighted by Gasteiger charge is 2.23. The molecule has 0 bridgehead atoms. The topological polar surface area (TPSA) is 42.7 Å². The van der Waals surface area contributed by atoms with Crippen molar-refractivity contribution >= 4 is 5.69 Å². The Morgan fingerprint density at radius 1 is 1.15 bits per heavy atom. The third-order valence-corrected chi connectivity index (χ3v) is 5.20. The number of nitrogens with zero attached hydrogens (tertiary/aromatic N) is 3. The van der Waals surface area contributed by atoms with Crippen molar-refractivity contribution < 1.29 is 4.39 Å². The Kier molecular flexibility index (Phi) is 4.69. The molecule has 1 fully saturated rings. The number of halogens is 1. The number of aromatic nitrogens is 3. The van der Waals surface area contributed by atoms with E-state index in [-0.39, 0.29) is 5.82 Å². The van der Waals surface area contributed by atoms with Crippen LogP contribution in [0.15, 0.2) is 54.7 Å². The predicted molar refractivity (Wildman–Crippen MR) is 101 cm³/mol. The van der Waals surface area contributed by atoms with Gasteiger partial charge in [0.05, 0.1) is 12.7 Å². The lowest BCUT2D eigenvalue weighted by molar-refractivity contribution is 0.556. The molecule has 2 atom stereocenters. The molecule has 1 saturated carbocycles. The largest absolute Gasteiger partial charge is 0.382 e. The van der Waals surface area contributed by atoms with Gasteiger partial charge in [0.25, 0.3) is 0 Å². The van der Waals surface area contributed by atoms with Crippen LogP contribution < -0.4 is 5.32 Å². The molecular weight excluding hydrogens is 327 g/mol. The summed E-state index contributed by atoms with van der Waals surface area (Å²) < 4.78 is 15.5. The van der Waals surface area contributed by atoms with Crippen LogP contribution >= 0.6 is 0 Å². The van der Waals surface area contributed by atoms with E-state index >= 15 is 0 Å². The fraction of sp³-hybridized carbons (Fsp3) is 0.333. The Balaban J connectivity index is 1.50. The van der Waals surface area contributed by atoms with Crippen LogP contribution in [-0.2, 0) is 6.54 Å². The highest BCUT2D eigenvalue weighted by atomic mass is 19.1. The van der Waals surface area contributed by atoms with Crippen molar-refractivity contribution in [1.29, 1.82) is 0 Å². The molecule has 4 rings (SSSR count). The maximum Gasteiger partial charge on any atom is 0.128 e. The number of anilines is 1. The molecule has 2 aromatic carbocycles. The average Bonchev–Trinajstić information content (AvgIpc) is 3.27. The molecule has 3 aromatic rings. The summed E-state index contributed by atoms with van der Waals surface area (Å²) in [6, 6.07) is 15.6. The fourth-order valence-corrected chi connectivity index (χ4v) is 3.65. The van der Waals surface area contributed by atoms with Crippen LogP contribution in [0.2, 0.25) is 0 Å². The Labute approximate surface area is 153 Å². The van der Waals surface area contributed by atoms with E-state index < -0.39 is 0 Å². The fourth-order valence-electron chi connectivity index (χ4n) is 3.65. The van der Waals surface area contributed by atoms with E-state index in [0.717, 1.165) is 16.9 Å². The quantitative estimate of drug-likeness (QED) is 0.723. The molecule has 0 radical (unpaired) electrons. The van der Waals surface area contributed by atoms with E-state index in [2.05, 4.69) is 34.7 Å². The number of nitrogens with one attached hydrogen (secondary N) is 1. The maximum atomic E-state index is 13.8. The Morgan fingerprint density at radius 3 is 2.85 bits per heavy atom. The van der Waals surface area contributed by atoms with Crippen LogP contribution in [0.5, 0.6) is 0 Å². The Hall–Kier alpha value is -2.69. The lowest BCUT2D eigenvalue weighted by atomic mass is 10.1. The molecule has 1 N–H and O–H groups in total. The molecule has 5 heteroatoms. The molecule has 0 spiro atoms. The summed E-state index contributed by atoms with van der Waals surface area (Å²) in [6.45, 7) is 2.68. The number of rotatable bonds is 5. The van der Waals surface area contributed by atoms with Gasteiger partial charge < -0.3 is 5.32 Å². The van der Waals surface area contributed by atoms with Crippen LogP contribution in [0.4, 0.5) is 10.1 Å². The molecule has 1 aliphatic carbocycles. The molecule has 0 saturated heterocycles. The smallest absolute Gasteiger partial charge is 0.128 e. The third-order valence-electron chi connectivity index (χ3n) is 5.20.